The third-order valence-electron chi connectivity index (χ3n) is 4.27. The Morgan fingerprint density at radius 1 is 1.38 bits per heavy atom. The predicted molar refractivity (Wildman–Crippen MR) is 87.7 cm³/mol. The van der Waals surface area contributed by atoms with Gasteiger partial charge in [-0.1, -0.05) is 28.4 Å². The topological polar surface area (TPSA) is 165 Å². The van der Waals surface area contributed by atoms with E-state index in [9.17, 15) is 9.59 Å². The highest BCUT2D eigenvalue weighted by atomic mass is 16.6. The third-order valence-corrected chi connectivity index (χ3v) is 4.27. The molecule has 0 unspecified atom stereocenters. The molecule has 1 aromatic rings. The van der Waals surface area contributed by atoms with E-state index >= 15 is 0 Å². The van der Waals surface area contributed by atoms with Gasteiger partial charge in [0.25, 0.3) is 5.79 Å². The number of nitrogens with one attached hydrogen (secondary N) is 1. The number of carbonyl (C=O) groups is 2. The molecule has 1 saturated heterocycles. The summed E-state index contributed by atoms with van der Waals surface area (Å²) in [6.45, 7) is 1.80. The second-order valence-electron chi connectivity index (χ2n) is 5.46. The normalized spacial score (nSPS) is 26.0. The zero-order valence-electron chi connectivity index (χ0n) is 13.7. The first-order valence-electron chi connectivity index (χ1n) is 7.72. The van der Waals surface area contributed by atoms with Gasteiger partial charge in [0, 0.05) is 28.4 Å². The number of amides is 2. The fourth-order valence-corrected chi connectivity index (χ4v) is 3.36. The van der Waals surface area contributed by atoms with Crippen molar-refractivity contribution in [3.05, 3.63) is 50.7 Å². The highest BCUT2D eigenvalue weighted by Gasteiger charge is 2.68. The van der Waals surface area contributed by atoms with Crippen molar-refractivity contribution < 1.29 is 19.1 Å². The number of alkyl carbamates (subject to hydrolysis) is 1. The molecule has 26 heavy (non-hydrogen) atoms. The fraction of sp³-hybridized carbons (Fsp3) is 0.429. The van der Waals surface area contributed by atoms with Crippen LogP contribution >= 0.6 is 0 Å². The lowest BCUT2D eigenvalue weighted by Crippen LogP contribution is -2.62. The summed E-state index contributed by atoms with van der Waals surface area (Å²) >= 11 is 0. The molecule has 0 saturated carbocycles. The van der Waals surface area contributed by atoms with E-state index in [1.54, 1.807) is 31.2 Å². The van der Waals surface area contributed by atoms with Crippen LogP contribution in [0.4, 0.5) is 15.3 Å². The zero-order valence-corrected chi connectivity index (χ0v) is 13.7. The number of ether oxygens (including phenoxy) is 2. The van der Waals surface area contributed by atoms with E-state index in [2.05, 4.69) is 25.4 Å². The SMILES string of the molecule is CCOC(=O)N1c2ccccc2[C@@]2(CCNC(=O)O2)C1(N=[N+]=[N-])N=[N+]=[N-]. The van der Waals surface area contributed by atoms with Gasteiger partial charge in [-0.25, -0.2) is 9.59 Å². The number of benzene rings is 1. The molecule has 3 rings (SSSR count). The van der Waals surface area contributed by atoms with Crippen molar-refractivity contribution in [1.82, 2.24) is 5.32 Å². The molecule has 1 spiro atoms. The number of fused-ring (bicyclic) bond motifs is 2. The minimum absolute atomic E-state index is 0.0362. The average molecular weight is 358 g/mol. The smallest absolute Gasteiger partial charge is 0.415 e. The highest BCUT2D eigenvalue weighted by molar-refractivity contribution is 5.94. The molecular weight excluding hydrogens is 344 g/mol. The summed E-state index contributed by atoms with van der Waals surface area (Å²) < 4.78 is 10.6. The Kier molecular flexibility index (Phi) is 4.21. The van der Waals surface area contributed by atoms with Crippen LogP contribution in [-0.4, -0.2) is 31.1 Å². The first-order valence-corrected chi connectivity index (χ1v) is 7.72. The van der Waals surface area contributed by atoms with Crippen LogP contribution in [0.1, 0.15) is 18.9 Å². The number of nitrogens with zero attached hydrogens (tertiary/aromatic N) is 7. The lowest BCUT2D eigenvalue weighted by molar-refractivity contribution is -0.0635. The molecule has 134 valence electrons. The molecule has 2 amide bonds. The van der Waals surface area contributed by atoms with Gasteiger partial charge in [0.2, 0.25) is 0 Å². The van der Waals surface area contributed by atoms with Gasteiger partial charge in [-0.2, -0.15) is 0 Å². The number of hydrogen-bond acceptors (Lipinski definition) is 6. The average Bonchev–Trinajstić information content (AvgIpc) is 2.83. The number of carbonyl (C=O) groups excluding carboxylic acids is 2. The molecule has 2 aliphatic rings. The van der Waals surface area contributed by atoms with Gasteiger partial charge in [0.15, 0.2) is 5.60 Å². The van der Waals surface area contributed by atoms with Gasteiger partial charge in [0.1, 0.15) is 0 Å². The fourth-order valence-electron chi connectivity index (χ4n) is 3.36. The summed E-state index contributed by atoms with van der Waals surface area (Å²) in [5.41, 5.74) is 17.3. The van der Waals surface area contributed by atoms with Crippen LogP contribution in [0.2, 0.25) is 0 Å². The van der Waals surface area contributed by atoms with Crippen molar-refractivity contribution in [2.75, 3.05) is 18.1 Å². The zero-order chi connectivity index (χ0) is 18.8. The van der Waals surface area contributed by atoms with Gasteiger partial charge in [-0.15, -0.1) is 0 Å². The summed E-state index contributed by atoms with van der Waals surface area (Å²) in [4.78, 5) is 31.1. The van der Waals surface area contributed by atoms with E-state index in [0.717, 1.165) is 4.90 Å². The van der Waals surface area contributed by atoms with E-state index < -0.39 is 23.6 Å². The number of para-hydroxylation sites is 1. The third kappa shape index (κ3) is 2.17. The van der Waals surface area contributed by atoms with Crippen LogP contribution in [0.3, 0.4) is 0 Å². The summed E-state index contributed by atoms with van der Waals surface area (Å²) in [5.74, 6) is -2.22. The minimum atomic E-state index is -2.22. The minimum Gasteiger partial charge on any atom is -0.449 e. The van der Waals surface area contributed by atoms with Crippen LogP contribution in [0.15, 0.2) is 34.5 Å². The first kappa shape index (κ1) is 17.2. The first-order chi connectivity index (χ1) is 12.6. The molecule has 1 N–H and O–H groups in total. The van der Waals surface area contributed by atoms with Gasteiger partial charge in [-0.05, 0) is 24.1 Å². The number of azide groups is 1. The van der Waals surface area contributed by atoms with Gasteiger partial charge in [0.05, 0.1) is 12.3 Å². The van der Waals surface area contributed by atoms with Gasteiger partial charge in [-0.3, -0.25) is 4.90 Å². The summed E-state index contributed by atoms with van der Waals surface area (Å²) in [6, 6.07) is 6.49. The summed E-state index contributed by atoms with van der Waals surface area (Å²) in [6.07, 6.45) is -1.59. The Labute approximate surface area is 146 Å². The second-order valence-corrected chi connectivity index (χ2v) is 5.46. The van der Waals surface area contributed by atoms with Crippen LogP contribution in [0, 0.1) is 0 Å². The maximum Gasteiger partial charge on any atom is 0.415 e. The molecule has 0 aliphatic carbocycles. The molecule has 12 heteroatoms. The molecule has 0 radical (unpaired) electrons. The summed E-state index contributed by atoms with van der Waals surface area (Å²) in [7, 11) is 0. The van der Waals surface area contributed by atoms with Crippen molar-refractivity contribution in [3.63, 3.8) is 0 Å². The Morgan fingerprint density at radius 2 is 2.08 bits per heavy atom. The van der Waals surface area contributed by atoms with Crippen molar-refractivity contribution in [3.8, 4) is 0 Å². The monoisotopic (exact) mass is 358 g/mol. The van der Waals surface area contributed by atoms with Crippen LogP contribution in [-0.2, 0) is 15.1 Å². The Balaban J connectivity index is 2.37. The largest absolute Gasteiger partial charge is 0.449 e. The number of anilines is 1. The van der Waals surface area contributed by atoms with E-state index in [1.165, 1.54) is 0 Å². The Bertz CT molecular complexity index is 842. The predicted octanol–water partition coefficient (Wildman–Crippen LogP) is 3.26. The quantitative estimate of drug-likeness (QED) is 0.498. The van der Waals surface area contributed by atoms with Crippen molar-refractivity contribution >= 4 is 17.9 Å². The molecule has 12 nitrogen and oxygen atoms in total. The van der Waals surface area contributed by atoms with E-state index in [4.69, 9.17) is 20.5 Å². The van der Waals surface area contributed by atoms with E-state index in [-0.39, 0.29) is 25.3 Å². The number of hydrogen-bond donors (Lipinski definition) is 1. The van der Waals surface area contributed by atoms with Gasteiger partial charge < -0.3 is 14.8 Å². The number of rotatable bonds is 3. The van der Waals surface area contributed by atoms with Gasteiger partial charge >= 0.3 is 12.2 Å². The molecule has 0 bridgehead atoms. The van der Waals surface area contributed by atoms with Crippen LogP contribution < -0.4 is 10.2 Å². The van der Waals surface area contributed by atoms with Crippen molar-refractivity contribution in [1.29, 1.82) is 0 Å². The molecule has 0 aromatic heterocycles. The molecule has 1 aromatic carbocycles. The van der Waals surface area contributed by atoms with E-state index in [1.807, 2.05) is 0 Å². The van der Waals surface area contributed by atoms with Crippen molar-refractivity contribution in [2.45, 2.75) is 24.7 Å². The second kappa shape index (κ2) is 6.36. The standard InChI is InChI=1S/C14H14N8O4/c1-2-25-12(24)22-10-6-4-3-5-9(10)13(7-8-17-11(23)26-13)14(22,18-20-15)19-21-16/h3-6H,2,7-8H2,1H3,(H,17,23)/t13-/m0/s1. The molecule has 2 heterocycles. The molecule has 1 fully saturated rings. The maximum atomic E-state index is 12.7. The highest BCUT2D eigenvalue weighted by Crippen LogP contribution is 2.57. The lowest BCUT2D eigenvalue weighted by atomic mass is 9.85. The van der Waals surface area contributed by atoms with Crippen LogP contribution in [0.25, 0.3) is 20.9 Å². The summed E-state index contributed by atoms with van der Waals surface area (Å²) in [5, 5.41) is 9.76. The lowest BCUT2D eigenvalue weighted by Gasteiger charge is -2.44. The van der Waals surface area contributed by atoms with E-state index in [0.29, 0.717) is 5.56 Å². The van der Waals surface area contributed by atoms with Crippen LogP contribution in [0.5, 0.6) is 0 Å². The molecule has 1 atom stereocenters. The van der Waals surface area contributed by atoms with Crippen molar-refractivity contribution in [2.24, 2.45) is 10.2 Å². The maximum absolute atomic E-state index is 12.7. The molecular formula is C14H14N8O4. The molecule has 2 aliphatic heterocycles. The Hall–Kier alpha value is -3.62. The Morgan fingerprint density at radius 3 is 2.69 bits per heavy atom.